The minimum absolute atomic E-state index is 0.104. The second kappa shape index (κ2) is 11.6. The zero-order chi connectivity index (χ0) is 19.4. The maximum atomic E-state index is 11.6. The van der Waals surface area contributed by atoms with Gasteiger partial charge >= 0.3 is 18.1 Å². The van der Waals surface area contributed by atoms with E-state index in [2.05, 4.69) is 16.3 Å². The van der Waals surface area contributed by atoms with Gasteiger partial charge in [0.15, 0.2) is 6.10 Å². The molecule has 0 amide bonds. The predicted octanol–water partition coefficient (Wildman–Crippen LogP) is 0.450. The lowest BCUT2D eigenvalue weighted by Gasteiger charge is -2.15. The van der Waals surface area contributed by atoms with Gasteiger partial charge in [0, 0.05) is 24.5 Å². The molecule has 10 nitrogen and oxygen atoms in total. The highest BCUT2D eigenvalue weighted by Crippen LogP contribution is 2.00. The minimum Gasteiger partial charge on any atom is -0.462 e. The number of hydrogen-bond acceptors (Lipinski definition) is 9. The van der Waals surface area contributed by atoms with Gasteiger partial charge in [0.1, 0.15) is 19.8 Å². The van der Waals surface area contributed by atoms with Crippen molar-refractivity contribution < 1.29 is 38.4 Å². The molecule has 0 spiro atoms. The van der Waals surface area contributed by atoms with Gasteiger partial charge in [0.25, 0.3) is 0 Å². The number of ether oxygens (including phenoxy) is 4. The molecule has 0 aromatic carbocycles. The third-order valence-corrected chi connectivity index (χ3v) is 2.91. The molecule has 26 heavy (non-hydrogen) atoms. The first-order valence-corrected chi connectivity index (χ1v) is 7.80. The topological polar surface area (TPSA) is 126 Å². The maximum absolute atomic E-state index is 11.6. The van der Waals surface area contributed by atoms with Crippen molar-refractivity contribution in [3.8, 4) is 0 Å². The Bertz CT molecular complexity index is 599. The highest BCUT2D eigenvalue weighted by molar-refractivity contribution is 5.86. The molecule has 10 heteroatoms. The third-order valence-electron chi connectivity index (χ3n) is 2.91. The van der Waals surface area contributed by atoms with Crippen LogP contribution in [0.2, 0.25) is 0 Å². The summed E-state index contributed by atoms with van der Waals surface area (Å²) in [6.07, 6.45) is 2.83. The van der Waals surface area contributed by atoms with E-state index in [0.717, 1.165) is 0 Å². The molecule has 0 bridgehead atoms. The lowest BCUT2D eigenvalue weighted by Crippen LogP contribution is -2.29. The maximum Gasteiger partial charge on any atom is 0.508 e. The van der Waals surface area contributed by atoms with Crippen LogP contribution in [0, 0.1) is 0 Å². The van der Waals surface area contributed by atoms with Crippen molar-refractivity contribution in [2.75, 3.05) is 26.4 Å². The van der Waals surface area contributed by atoms with Gasteiger partial charge in [-0.1, -0.05) is 6.58 Å². The van der Waals surface area contributed by atoms with Gasteiger partial charge in [-0.15, -0.1) is 0 Å². The number of aryl methyl sites for hydroxylation is 1. The van der Waals surface area contributed by atoms with Crippen molar-refractivity contribution in [1.82, 2.24) is 9.55 Å². The van der Waals surface area contributed by atoms with E-state index in [1.54, 1.807) is 23.3 Å². The highest BCUT2D eigenvalue weighted by atomic mass is 16.7. The Balaban J connectivity index is 2.17. The Labute approximate surface area is 150 Å². The number of aromatic nitrogens is 2. The number of aliphatic hydroxyl groups is 1. The first kappa shape index (κ1) is 21.2. The second-order valence-electron chi connectivity index (χ2n) is 5.17. The van der Waals surface area contributed by atoms with Crippen LogP contribution >= 0.6 is 0 Å². The molecule has 0 saturated carbocycles. The first-order chi connectivity index (χ1) is 12.4. The molecule has 1 heterocycles. The van der Waals surface area contributed by atoms with Crippen LogP contribution in [0.4, 0.5) is 4.79 Å². The van der Waals surface area contributed by atoms with Crippen LogP contribution in [-0.2, 0) is 35.1 Å². The van der Waals surface area contributed by atoms with Crippen LogP contribution in [0.1, 0.15) is 13.3 Å². The van der Waals surface area contributed by atoms with E-state index >= 15 is 0 Å². The molecule has 1 N–H and O–H groups in total. The predicted molar refractivity (Wildman–Crippen MR) is 86.9 cm³/mol. The van der Waals surface area contributed by atoms with Gasteiger partial charge in [-0.3, -0.25) is 4.79 Å². The average molecular weight is 370 g/mol. The van der Waals surface area contributed by atoms with Crippen molar-refractivity contribution in [3.63, 3.8) is 0 Å². The van der Waals surface area contributed by atoms with Crippen molar-refractivity contribution in [1.29, 1.82) is 0 Å². The summed E-state index contributed by atoms with van der Waals surface area (Å²) < 4.78 is 20.8. The number of imidazole rings is 1. The van der Waals surface area contributed by atoms with E-state index < -0.39 is 30.8 Å². The molecular weight excluding hydrogens is 348 g/mol. The normalized spacial score (nSPS) is 11.3. The molecule has 0 aliphatic carbocycles. The summed E-state index contributed by atoms with van der Waals surface area (Å²) >= 11 is 0. The molecule has 1 rings (SSSR count). The Morgan fingerprint density at radius 3 is 2.58 bits per heavy atom. The van der Waals surface area contributed by atoms with Crippen molar-refractivity contribution >= 4 is 18.1 Å². The number of nitrogens with zero attached hydrogens (tertiary/aromatic N) is 2. The molecule has 0 fully saturated rings. The molecular formula is C16H22N2O8. The number of carbonyl (C=O) groups is 3. The van der Waals surface area contributed by atoms with Gasteiger partial charge in [-0.2, -0.15) is 0 Å². The van der Waals surface area contributed by atoms with Crippen LogP contribution in [0.15, 0.2) is 30.9 Å². The smallest absolute Gasteiger partial charge is 0.462 e. The van der Waals surface area contributed by atoms with Crippen LogP contribution in [0.25, 0.3) is 0 Å². The summed E-state index contributed by atoms with van der Waals surface area (Å²) in [6.45, 7) is 4.05. The molecule has 1 atom stereocenters. The van der Waals surface area contributed by atoms with Crippen molar-refractivity contribution in [2.45, 2.75) is 26.0 Å². The monoisotopic (exact) mass is 370 g/mol. The van der Waals surface area contributed by atoms with Gasteiger partial charge in [-0.05, 0) is 6.92 Å². The van der Waals surface area contributed by atoms with Crippen LogP contribution < -0.4 is 0 Å². The van der Waals surface area contributed by atoms with E-state index in [1.165, 1.54) is 6.92 Å². The molecule has 0 saturated heterocycles. The Hall–Kier alpha value is -2.88. The number of carbonyl (C=O) groups excluding carboxylic acids is 3. The van der Waals surface area contributed by atoms with Crippen LogP contribution in [0.5, 0.6) is 0 Å². The zero-order valence-corrected chi connectivity index (χ0v) is 14.5. The molecule has 0 radical (unpaired) electrons. The van der Waals surface area contributed by atoms with Crippen molar-refractivity contribution in [3.05, 3.63) is 30.9 Å². The van der Waals surface area contributed by atoms with Gasteiger partial charge < -0.3 is 28.6 Å². The minimum atomic E-state index is -1.08. The number of aliphatic hydroxyl groups excluding tert-OH is 1. The van der Waals surface area contributed by atoms with Gasteiger partial charge in [-0.25, -0.2) is 14.6 Å². The second-order valence-corrected chi connectivity index (χ2v) is 5.17. The molecule has 1 aromatic rings. The summed E-state index contributed by atoms with van der Waals surface area (Å²) in [5, 5.41) is 9.16. The summed E-state index contributed by atoms with van der Waals surface area (Å²) in [7, 11) is 0. The van der Waals surface area contributed by atoms with E-state index in [0.29, 0.717) is 6.54 Å². The van der Waals surface area contributed by atoms with Crippen LogP contribution in [-0.4, -0.2) is 65.3 Å². The summed E-state index contributed by atoms with van der Waals surface area (Å²) in [4.78, 5) is 38.0. The summed E-state index contributed by atoms with van der Waals surface area (Å²) in [5.74, 6) is -1.11. The third kappa shape index (κ3) is 8.83. The summed E-state index contributed by atoms with van der Waals surface area (Å²) in [5.41, 5.74) is 0.225. The Morgan fingerprint density at radius 2 is 1.96 bits per heavy atom. The standard InChI is InChI=1S/C16H22N2O8/c1-12(2)15(21)23-7-8-24-16(22)26-13(9-19)10-25-14(20)3-5-18-6-4-17-11-18/h4,6,11,13,19H,1,3,5,7-10H2,2H3. The van der Waals surface area contributed by atoms with Gasteiger partial charge in [0.2, 0.25) is 0 Å². The summed E-state index contributed by atoms with van der Waals surface area (Å²) in [6, 6.07) is 0. The Morgan fingerprint density at radius 1 is 1.23 bits per heavy atom. The fourth-order valence-corrected chi connectivity index (χ4v) is 1.57. The molecule has 1 aromatic heterocycles. The number of hydrogen-bond donors (Lipinski definition) is 1. The van der Waals surface area contributed by atoms with E-state index in [4.69, 9.17) is 19.3 Å². The fraction of sp³-hybridized carbons (Fsp3) is 0.500. The number of rotatable bonds is 11. The van der Waals surface area contributed by atoms with Crippen molar-refractivity contribution in [2.24, 2.45) is 0 Å². The zero-order valence-electron chi connectivity index (χ0n) is 14.5. The lowest BCUT2D eigenvalue weighted by atomic mass is 10.4. The lowest BCUT2D eigenvalue weighted by molar-refractivity contribution is -0.148. The molecule has 0 aliphatic heterocycles. The number of esters is 2. The highest BCUT2D eigenvalue weighted by Gasteiger charge is 2.17. The SMILES string of the molecule is C=C(C)C(=O)OCCOC(=O)OC(CO)COC(=O)CCn1ccnc1. The van der Waals surface area contributed by atoms with Crippen LogP contribution in [0.3, 0.4) is 0 Å². The quantitative estimate of drug-likeness (QED) is 0.256. The molecule has 1 unspecified atom stereocenters. The fourth-order valence-electron chi connectivity index (χ4n) is 1.57. The Kier molecular flexibility index (Phi) is 9.47. The average Bonchev–Trinajstić information content (AvgIpc) is 3.13. The van der Waals surface area contributed by atoms with E-state index in [1.807, 2.05) is 0 Å². The van der Waals surface area contributed by atoms with E-state index in [-0.39, 0.29) is 31.8 Å². The first-order valence-electron chi connectivity index (χ1n) is 7.80. The molecule has 0 aliphatic rings. The van der Waals surface area contributed by atoms with Gasteiger partial charge in [0.05, 0.1) is 19.4 Å². The largest absolute Gasteiger partial charge is 0.508 e. The molecule has 144 valence electrons. The van der Waals surface area contributed by atoms with E-state index in [9.17, 15) is 14.4 Å².